The van der Waals surface area contributed by atoms with Gasteiger partial charge in [-0.05, 0) is 47.4 Å². The Morgan fingerprint density at radius 2 is 1.68 bits per heavy atom. The molecule has 0 saturated heterocycles. The van der Waals surface area contributed by atoms with E-state index >= 15 is 0 Å². The maximum atomic E-state index is 12.5. The molecular formula is C21H20N2O2. The molecule has 0 fully saturated rings. The van der Waals surface area contributed by atoms with E-state index in [4.69, 9.17) is 0 Å². The van der Waals surface area contributed by atoms with Crippen LogP contribution in [0, 0.1) is 6.92 Å². The van der Waals surface area contributed by atoms with Crippen LogP contribution >= 0.6 is 0 Å². The molecule has 0 bridgehead atoms. The van der Waals surface area contributed by atoms with Crippen molar-refractivity contribution in [1.82, 2.24) is 5.32 Å². The predicted octanol–water partition coefficient (Wildman–Crippen LogP) is 3.64. The van der Waals surface area contributed by atoms with Crippen LogP contribution in [-0.4, -0.2) is 18.9 Å². The van der Waals surface area contributed by atoms with Crippen molar-refractivity contribution >= 4 is 17.5 Å². The average Bonchev–Trinajstić information content (AvgIpc) is 2.79. The van der Waals surface area contributed by atoms with Gasteiger partial charge in [0.1, 0.15) is 0 Å². The van der Waals surface area contributed by atoms with Gasteiger partial charge in [0.2, 0.25) is 5.91 Å². The fraction of sp³-hybridized carbons (Fsp3) is 0.143. The van der Waals surface area contributed by atoms with E-state index in [1.807, 2.05) is 24.3 Å². The molecule has 0 atom stereocenters. The predicted molar refractivity (Wildman–Crippen MR) is 100.0 cm³/mol. The number of nitrogens with one attached hydrogen (secondary N) is 2. The molecular weight excluding hydrogens is 312 g/mol. The summed E-state index contributed by atoms with van der Waals surface area (Å²) in [5, 5.41) is 5.45. The van der Waals surface area contributed by atoms with E-state index in [0.717, 1.165) is 22.3 Å². The van der Waals surface area contributed by atoms with Crippen LogP contribution in [0.25, 0.3) is 11.1 Å². The third kappa shape index (κ3) is 3.69. The zero-order valence-electron chi connectivity index (χ0n) is 14.3. The Bertz CT molecular complexity index is 902. The molecule has 1 aromatic rings. The Hall–Kier alpha value is -3.14. The molecule has 1 aromatic carbocycles. The lowest BCUT2D eigenvalue weighted by Gasteiger charge is -2.07. The number of amides is 2. The quantitative estimate of drug-likeness (QED) is 0.766. The number of hydrogen-bond donors (Lipinski definition) is 2. The van der Waals surface area contributed by atoms with Crippen LogP contribution in [0.15, 0.2) is 60.7 Å². The van der Waals surface area contributed by atoms with Gasteiger partial charge < -0.3 is 10.6 Å². The largest absolute Gasteiger partial charge is 0.355 e. The molecule has 0 unspecified atom stereocenters. The number of carbonyl (C=O) groups is 2. The molecule has 2 aliphatic carbocycles. The van der Waals surface area contributed by atoms with Gasteiger partial charge in [0.25, 0.3) is 5.91 Å². The number of hydrogen-bond acceptors (Lipinski definition) is 2. The maximum absolute atomic E-state index is 12.5. The molecule has 3 rings (SSSR count). The molecule has 2 amide bonds. The highest BCUT2D eigenvalue weighted by molar-refractivity contribution is 5.98. The molecule has 4 nitrogen and oxygen atoms in total. The Morgan fingerprint density at radius 3 is 2.44 bits per heavy atom. The lowest BCUT2D eigenvalue weighted by atomic mass is 10.1. The van der Waals surface area contributed by atoms with Crippen molar-refractivity contribution in [1.29, 1.82) is 0 Å². The summed E-state index contributed by atoms with van der Waals surface area (Å²) in [6, 6.07) is 19.0. The molecule has 2 aliphatic rings. The lowest BCUT2D eigenvalue weighted by molar-refractivity contribution is -0.115. The lowest BCUT2D eigenvalue weighted by Crippen LogP contribution is -2.19. The van der Waals surface area contributed by atoms with Gasteiger partial charge in [-0.1, -0.05) is 42.5 Å². The first-order valence-corrected chi connectivity index (χ1v) is 8.17. The SMILES string of the molecule is CNC(=O)c1cccc(NC(=O)Cc2cc(C)c3cccccc2-3)c1. The van der Waals surface area contributed by atoms with E-state index in [0.29, 0.717) is 17.7 Å². The number of anilines is 1. The Labute approximate surface area is 147 Å². The van der Waals surface area contributed by atoms with Crippen LogP contribution in [0.4, 0.5) is 5.69 Å². The highest BCUT2D eigenvalue weighted by Crippen LogP contribution is 2.31. The fourth-order valence-corrected chi connectivity index (χ4v) is 2.99. The third-order valence-electron chi connectivity index (χ3n) is 4.19. The Balaban J connectivity index is 1.77. The zero-order valence-corrected chi connectivity index (χ0v) is 14.3. The highest BCUT2D eigenvalue weighted by Gasteiger charge is 2.15. The topological polar surface area (TPSA) is 58.2 Å². The van der Waals surface area contributed by atoms with Crippen LogP contribution in [-0.2, 0) is 11.2 Å². The average molecular weight is 332 g/mol. The molecule has 4 heteroatoms. The van der Waals surface area contributed by atoms with Crippen LogP contribution in [0.3, 0.4) is 0 Å². The minimum Gasteiger partial charge on any atom is -0.355 e. The fourth-order valence-electron chi connectivity index (χ4n) is 2.99. The second-order valence-electron chi connectivity index (χ2n) is 5.98. The summed E-state index contributed by atoms with van der Waals surface area (Å²) in [5.41, 5.74) is 5.55. The molecule has 0 aliphatic heterocycles. The second kappa shape index (κ2) is 7.18. The summed E-state index contributed by atoms with van der Waals surface area (Å²) in [5.74, 6) is -0.284. The molecule has 0 heterocycles. The van der Waals surface area contributed by atoms with E-state index in [1.54, 1.807) is 31.3 Å². The van der Waals surface area contributed by atoms with Gasteiger partial charge in [0.05, 0.1) is 6.42 Å². The molecule has 0 spiro atoms. The van der Waals surface area contributed by atoms with Gasteiger partial charge in [0.15, 0.2) is 0 Å². The van der Waals surface area contributed by atoms with Gasteiger partial charge in [-0.15, -0.1) is 0 Å². The van der Waals surface area contributed by atoms with Gasteiger partial charge in [-0.25, -0.2) is 0 Å². The van der Waals surface area contributed by atoms with E-state index in [1.165, 1.54) is 0 Å². The Kier molecular flexibility index (Phi) is 4.80. The van der Waals surface area contributed by atoms with Gasteiger partial charge >= 0.3 is 0 Å². The molecule has 2 N–H and O–H groups in total. The van der Waals surface area contributed by atoms with Crippen LogP contribution < -0.4 is 10.6 Å². The number of carbonyl (C=O) groups excluding carboxylic acids is 2. The minimum absolute atomic E-state index is 0.104. The first-order valence-electron chi connectivity index (χ1n) is 8.17. The van der Waals surface area contributed by atoms with Crippen LogP contribution in [0.1, 0.15) is 21.5 Å². The van der Waals surface area contributed by atoms with Crippen molar-refractivity contribution in [2.45, 2.75) is 13.3 Å². The molecule has 0 aromatic heterocycles. The number of fused-ring (bicyclic) bond motifs is 1. The first kappa shape index (κ1) is 16.7. The van der Waals surface area contributed by atoms with Crippen molar-refractivity contribution in [3.63, 3.8) is 0 Å². The summed E-state index contributed by atoms with van der Waals surface area (Å²) in [6.07, 6.45) is 0.290. The van der Waals surface area contributed by atoms with Gasteiger partial charge in [0, 0.05) is 18.3 Å². The van der Waals surface area contributed by atoms with Crippen molar-refractivity contribution in [2.24, 2.45) is 0 Å². The number of benzene rings is 1. The molecule has 25 heavy (non-hydrogen) atoms. The van der Waals surface area contributed by atoms with E-state index in [-0.39, 0.29) is 11.8 Å². The summed E-state index contributed by atoms with van der Waals surface area (Å²) < 4.78 is 0. The van der Waals surface area contributed by atoms with Crippen LogP contribution in [0.2, 0.25) is 0 Å². The second-order valence-corrected chi connectivity index (χ2v) is 5.98. The van der Waals surface area contributed by atoms with Crippen molar-refractivity contribution in [3.05, 3.63) is 77.4 Å². The van der Waals surface area contributed by atoms with Gasteiger partial charge in [-0.3, -0.25) is 9.59 Å². The van der Waals surface area contributed by atoms with Gasteiger partial charge in [-0.2, -0.15) is 0 Å². The first-order chi connectivity index (χ1) is 12.1. The minimum atomic E-state index is -0.179. The summed E-state index contributed by atoms with van der Waals surface area (Å²) in [6.45, 7) is 2.05. The number of aryl methyl sites for hydroxylation is 1. The zero-order chi connectivity index (χ0) is 17.8. The Morgan fingerprint density at radius 1 is 0.920 bits per heavy atom. The van der Waals surface area contributed by atoms with E-state index in [9.17, 15) is 9.59 Å². The smallest absolute Gasteiger partial charge is 0.251 e. The normalized spacial score (nSPS) is 10.5. The summed E-state index contributed by atoms with van der Waals surface area (Å²) in [7, 11) is 1.58. The summed E-state index contributed by atoms with van der Waals surface area (Å²) in [4.78, 5) is 24.1. The van der Waals surface area contributed by atoms with Crippen molar-refractivity contribution in [3.8, 4) is 11.1 Å². The van der Waals surface area contributed by atoms with E-state index < -0.39 is 0 Å². The summed E-state index contributed by atoms with van der Waals surface area (Å²) >= 11 is 0. The maximum Gasteiger partial charge on any atom is 0.251 e. The standard InChI is InChI=1S/C21H20N2O2/c1-14-11-16(19-10-5-3-4-9-18(14)19)13-20(24)23-17-8-6-7-15(12-17)21(25)22-2/h3-12H,13H2,1-2H3,(H,22,25)(H,23,24). The van der Waals surface area contributed by atoms with E-state index in [2.05, 4.69) is 29.7 Å². The highest BCUT2D eigenvalue weighted by atomic mass is 16.2. The van der Waals surface area contributed by atoms with Crippen LogP contribution in [0.5, 0.6) is 0 Å². The number of rotatable bonds is 4. The molecule has 0 saturated carbocycles. The molecule has 0 radical (unpaired) electrons. The third-order valence-corrected chi connectivity index (χ3v) is 4.19. The monoisotopic (exact) mass is 332 g/mol. The molecule has 126 valence electrons. The van der Waals surface area contributed by atoms with Crippen molar-refractivity contribution < 1.29 is 9.59 Å². The van der Waals surface area contributed by atoms with Crippen molar-refractivity contribution in [2.75, 3.05) is 12.4 Å².